The Kier molecular flexibility index (Phi) is 5.70. The molecular weight excluding hydrogens is 300 g/mol. The maximum atomic E-state index is 11.1. The van der Waals surface area contributed by atoms with E-state index in [0.717, 1.165) is 18.8 Å². The van der Waals surface area contributed by atoms with Gasteiger partial charge in [-0.3, -0.25) is 9.69 Å². The van der Waals surface area contributed by atoms with Crippen LogP contribution in [-0.2, 0) is 4.79 Å². The number of para-hydroxylation sites is 1. The number of halogens is 1. The number of benzene rings is 1. The van der Waals surface area contributed by atoms with E-state index in [1.807, 2.05) is 12.1 Å². The summed E-state index contributed by atoms with van der Waals surface area (Å²) in [5, 5.41) is 0. The molecule has 1 aromatic rings. The van der Waals surface area contributed by atoms with Gasteiger partial charge in [-0.15, -0.1) is 12.4 Å². The molecule has 1 aromatic carbocycles. The van der Waals surface area contributed by atoms with E-state index in [4.69, 9.17) is 10.5 Å². The maximum Gasteiger partial charge on any atom is 0.223 e. The summed E-state index contributed by atoms with van der Waals surface area (Å²) in [5.41, 5.74) is 6.68. The highest BCUT2D eigenvalue weighted by Gasteiger charge is 2.37. The number of amides is 1. The van der Waals surface area contributed by atoms with Gasteiger partial charge < -0.3 is 10.5 Å². The van der Waals surface area contributed by atoms with Gasteiger partial charge in [0.25, 0.3) is 0 Å². The molecule has 2 N–H and O–H groups in total. The van der Waals surface area contributed by atoms with Crippen LogP contribution in [0.25, 0.3) is 0 Å². The number of hydrogen-bond acceptors (Lipinski definition) is 3. The molecule has 0 unspecified atom stereocenters. The molecule has 1 saturated heterocycles. The van der Waals surface area contributed by atoms with Gasteiger partial charge in [0.05, 0.1) is 13.0 Å². The third-order valence-corrected chi connectivity index (χ3v) is 5.10. The van der Waals surface area contributed by atoms with Gasteiger partial charge in [0, 0.05) is 19.1 Å². The standard InChI is InChI=1S/C17H24N2O2.ClH/c1-21-16-5-3-2-4-15(16)12-6-8-14(9-7-12)19-10-13(11-19)17(18)20;/h2-5,12-14H,6-11H2,1H3,(H2,18,20);1H. The lowest BCUT2D eigenvalue weighted by atomic mass is 9.79. The van der Waals surface area contributed by atoms with E-state index in [1.54, 1.807) is 7.11 Å². The Morgan fingerprint density at radius 3 is 2.41 bits per heavy atom. The number of nitrogens with two attached hydrogens (primary N) is 1. The first-order valence-corrected chi connectivity index (χ1v) is 7.85. The number of likely N-dealkylation sites (tertiary alicyclic amines) is 1. The number of carbonyl (C=O) groups is 1. The van der Waals surface area contributed by atoms with Gasteiger partial charge in [-0.05, 0) is 43.2 Å². The smallest absolute Gasteiger partial charge is 0.223 e. The molecule has 1 aliphatic carbocycles. The number of primary amides is 1. The summed E-state index contributed by atoms with van der Waals surface area (Å²) < 4.78 is 5.48. The normalized spacial score (nSPS) is 25.9. The molecule has 1 heterocycles. The van der Waals surface area contributed by atoms with E-state index >= 15 is 0 Å². The van der Waals surface area contributed by atoms with E-state index in [9.17, 15) is 4.79 Å². The molecule has 0 bridgehead atoms. The fourth-order valence-electron chi connectivity index (χ4n) is 3.75. The van der Waals surface area contributed by atoms with E-state index < -0.39 is 0 Å². The van der Waals surface area contributed by atoms with Crippen LogP contribution < -0.4 is 10.5 Å². The van der Waals surface area contributed by atoms with Crippen LogP contribution in [0, 0.1) is 5.92 Å². The van der Waals surface area contributed by atoms with Crippen LogP contribution in [0.2, 0.25) is 0 Å². The molecule has 2 aliphatic rings. The van der Waals surface area contributed by atoms with Gasteiger partial charge in [0.1, 0.15) is 5.75 Å². The van der Waals surface area contributed by atoms with Crippen molar-refractivity contribution in [2.75, 3.05) is 20.2 Å². The molecule has 0 atom stereocenters. The van der Waals surface area contributed by atoms with Crippen LogP contribution >= 0.6 is 12.4 Å². The monoisotopic (exact) mass is 324 g/mol. The van der Waals surface area contributed by atoms with Gasteiger partial charge in [-0.1, -0.05) is 18.2 Å². The van der Waals surface area contributed by atoms with Crippen molar-refractivity contribution in [2.45, 2.75) is 37.6 Å². The third kappa shape index (κ3) is 3.39. The maximum absolute atomic E-state index is 11.1. The van der Waals surface area contributed by atoms with Gasteiger partial charge in [0.15, 0.2) is 0 Å². The van der Waals surface area contributed by atoms with Gasteiger partial charge in [0.2, 0.25) is 5.91 Å². The average molecular weight is 325 g/mol. The number of ether oxygens (including phenoxy) is 1. The molecule has 1 aliphatic heterocycles. The molecule has 122 valence electrons. The number of carbonyl (C=O) groups excluding carboxylic acids is 1. The van der Waals surface area contributed by atoms with Crippen molar-refractivity contribution < 1.29 is 9.53 Å². The SMILES string of the molecule is COc1ccccc1C1CCC(N2CC(C(N)=O)C2)CC1.Cl. The van der Waals surface area contributed by atoms with Crippen molar-refractivity contribution in [3.63, 3.8) is 0 Å². The fourth-order valence-corrected chi connectivity index (χ4v) is 3.75. The van der Waals surface area contributed by atoms with E-state index in [0.29, 0.717) is 12.0 Å². The Bertz CT molecular complexity index is 509. The Morgan fingerprint density at radius 2 is 1.82 bits per heavy atom. The first-order chi connectivity index (χ1) is 10.2. The Balaban J connectivity index is 0.00000176. The Hall–Kier alpha value is -1.26. The molecule has 0 aromatic heterocycles. The van der Waals surface area contributed by atoms with Crippen molar-refractivity contribution in [1.82, 2.24) is 4.90 Å². The average Bonchev–Trinajstić information content (AvgIpc) is 2.46. The van der Waals surface area contributed by atoms with Crippen LogP contribution in [-0.4, -0.2) is 37.0 Å². The first kappa shape index (κ1) is 17.1. The molecule has 1 saturated carbocycles. The number of rotatable bonds is 4. The second-order valence-corrected chi connectivity index (χ2v) is 6.30. The summed E-state index contributed by atoms with van der Waals surface area (Å²) in [6, 6.07) is 8.99. The first-order valence-electron chi connectivity index (χ1n) is 7.85. The summed E-state index contributed by atoms with van der Waals surface area (Å²) in [6.45, 7) is 1.72. The molecular formula is C17H25ClN2O2. The summed E-state index contributed by atoms with van der Waals surface area (Å²) >= 11 is 0. The predicted octanol–water partition coefficient (Wildman–Crippen LogP) is 2.56. The van der Waals surface area contributed by atoms with Crippen LogP contribution in [0.5, 0.6) is 5.75 Å². The summed E-state index contributed by atoms with van der Waals surface area (Å²) in [6.07, 6.45) is 4.80. The molecule has 1 amide bonds. The molecule has 5 heteroatoms. The zero-order valence-corrected chi connectivity index (χ0v) is 13.8. The van der Waals surface area contributed by atoms with Crippen LogP contribution in [0.3, 0.4) is 0 Å². The summed E-state index contributed by atoms with van der Waals surface area (Å²) in [7, 11) is 1.74. The molecule has 3 rings (SSSR count). The summed E-state index contributed by atoms with van der Waals surface area (Å²) in [5.74, 6) is 1.55. The van der Waals surface area contributed by atoms with Gasteiger partial charge >= 0.3 is 0 Å². The Labute approximate surface area is 138 Å². The van der Waals surface area contributed by atoms with Crippen LogP contribution in [0.1, 0.15) is 37.2 Å². The summed E-state index contributed by atoms with van der Waals surface area (Å²) in [4.78, 5) is 13.5. The lowest BCUT2D eigenvalue weighted by molar-refractivity contribution is -0.128. The predicted molar refractivity (Wildman–Crippen MR) is 89.5 cm³/mol. The van der Waals surface area contributed by atoms with E-state index in [1.165, 1.54) is 31.2 Å². The fraction of sp³-hybridized carbons (Fsp3) is 0.588. The highest BCUT2D eigenvalue weighted by atomic mass is 35.5. The van der Waals surface area contributed by atoms with Crippen LogP contribution in [0.15, 0.2) is 24.3 Å². The second kappa shape index (κ2) is 7.34. The topological polar surface area (TPSA) is 55.6 Å². The van der Waals surface area contributed by atoms with Gasteiger partial charge in [-0.2, -0.15) is 0 Å². The number of hydrogen-bond donors (Lipinski definition) is 1. The molecule has 22 heavy (non-hydrogen) atoms. The Morgan fingerprint density at radius 1 is 1.18 bits per heavy atom. The molecule has 4 nitrogen and oxygen atoms in total. The zero-order valence-electron chi connectivity index (χ0n) is 13.0. The molecule has 0 spiro atoms. The molecule has 2 fully saturated rings. The third-order valence-electron chi connectivity index (χ3n) is 5.10. The zero-order chi connectivity index (χ0) is 14.8. The van der Waals surface area contributed by atoms with Crippen molar-refractivity contribution in [2.24, 2.45) is 11.7 Å². The van der Waals surface area contributed by atoms with Gasteiger partial charge in [-0.25, -0.2) is 0 Å². The van der Waals surface area contributed by atoms with Crippen molar-refractivity contribution >= 4 is 18.3 Å². The van der Waals surface area contributed by atoms with E-state index in [2.05, 4.69) is 17.0 Å². The largest absolute Gasteiger partial charge is 0.496 e. The molecule has 0 radical (unpaired) electrons. The highest BCUT2D eigenvalue weighted by Crippen LogP contribution is 2.39. The minimum atomic E-state index is -0.144. The van der Waals surface area contributed by atoms with E-state index in [-0.39, 0.29) is 24.2 Å². The van der Waals surface area contributed by atoms with Crippen molar-refractivity contribution in [1.29, 1.82) is 0 Å². The highest BCUT2D eigenvalue weighted by molar-refractivity contribution is 5.85. The quantitative estimate of drug-likeness (QED) is 0.926. The number of methoxy groups -OCH3 is 1. The van der Waals surface area contributed by atoms with Crippen LogP contribution in [0.4, 0.5) is 0 Å². The minimum absolute atomic E-state index is 0. The minimum Gasteiger partial charge on any atom is -0.496 e. The lowest BCUT2D eigenvalue weighted by Gasteiger charge is -2.45. The van der Waals surface area contributed by atoms with Crippen molar-refractivity contribution in [3.05, 3.63) is 29.8 Å². The number of nitrogens with zero attached hydrogens (tertiary/aromatic N) is 1. The van der Waals surface area contributed by atoms with Crippen molar-refractivity contribution in [3.8, 4) is 5.75 Å². The second-order valence-electron chi connectivity index (χ2n) is 6.30. The lowest BCUT2D eigenvalue weighted by Crippen LogP contribution is -2.56.